The van der Waals surface area contributed by atoms with E-state index in [0.717, 1.165) is 13.1 Å². The van der Waals surface area contributed by atoms with E-state index in [1.165, 1.54) is 0 Å². The van der Waals surface area contributed by atoms with Gasteiger partial charge in [0.25, 0.3) is 0 Å². The molecule has 1 heterocycles. The summed E-state index contributed by atoms with van der Waals surface area (Å²) in [6.45, 7) is 8.04. The van der Waals surface area contributed by atoms with Crippen LogP contribution in [0.25, 0.3) is 0 Å². The number of hydrogen-bond donors (Lipinski definition) is 0. The molecule has 1 amide bonds. The van der Waals surface area contributed by atoms with Gasteiger partial charge < -0.3 is 9.64 Å². The van der Waals surface area contributed by atoms with Crippen molar-refractivity contribution in [2.45, 2.75) is 26.9 Å². The summed E-state index contributed by atoms with van der Waals surface area (Å²) in [7, 11) is 0. The van der Waals surface area contributed by atoms with Crippen molar-refractivity contribution in [3.63, 3.8) is 0 Å². The van der Waals surface area contributed by atoms with E-state index >= 15 is 0 Å². The second-order valence-electron chi connectivity index (χ2n) is 3.62. The summed E-state index contributed by atoms with van der Waals surface area (Å²) in [4.78, 5) is 12.9. The van der Waals surface area contributed by atoms with Crippen molar-refractivity contribution < 1.29 is 9.53 Å². The Morgan fingerprint density at radius 1 is 1.58 bits per heavy atom. The van der Waals surface area contributed by atoms with E-state index in [0.29, 0.717) is 12.5 Å². The number of ether oxygens (including phenoxy) is 1. The van der Waals surface area contributed by atoms with Crippen molar-refractivity contribution in [2.75, 3.05) is 19.7 Å². The topological polar surface area (TPSA) is 29.5 Å². The molecule has 0 aliphatic carbocycles. The van der Waals surface area contributed by atoms with Gasteiger partial charge in [0.15, 0.2) is 0 Å². The minimum absolute atomic E-state index is 0.156. The molecule has 1 rings (SSSR count). The summed E-state index contributed by atoms with van der Waals surface area (Å²) >= 11 is 0. The van der Waals surface area contributed by atoms with Crippen molar-refractivity contribution in [3.05, 3.63) is 0 Å². The molecule has 1 atom stereocenters. The average molecular weight is 171 g/mol. The lowest BCUT2D eigenvalue weighted by atomic mass is 10.1. The summed E-state index contributed by atoms with van der Waals surface area (Å²) in [6.07, 6.45) is 0.225. The number of morpholine rings is 1. The zero-order chi connectivity index (χ0) is 9.14. The lowest BCUT2D eigenvalue weighted by molar-refractivity contribution is -0.138. The Hall–Kier alpha value is -0.570. The van der Waals surface area contributed by atoms with E-state index < -0.39 is 0 Å². The van der Waals surface area contributed by atoms with Crippen LogP contribution < -0.4 is 0 Å². The number of amides is 1. The number of nitrogens with zero attached hydrogens (tertiary/aromatic N) is 1. The first-order valence-corrected chi connectivity index (χ1v) is 4.48. The van der Waals surface area contributed by atoms with Gasteiger partial charge in [-0.2, -0.15) is 0 Å². The van der Waals surface area contributed by atoms with Crippen LogP contribution in [0.3, 0.4) is 0 Å². The van der Waals surface area contributed by atoms with Gasteiger partial charge in [-0.05, 0) is 5.92 Å². The summed E-state index contributed by atoms with van der Waals surface area (Å²) in [5, 5.41) is 0. The lowest BCUT2D eigenvalue weighted by Gasteiger charge is -2.34. The predicted molar refractivity (Wildman–Crippen MR) is 46.8 cm³/mol. The van der Waals surface area contributed by atoms with Gasteiger partial charge in [-0.25, -0.2) is 0 Å². The lowest BCUT2D eigenvalue weighted by Crippen LogP contribution is -2.46. The van der Waals surface area contributed by atoms with Crippen LogP contribution >= 0.6 is 0 Å². The molecule has 1 aliphatic heterocycles. The Balaban J connectivity index is 2.46. The molecular weight excluding hydrogens is 154 g/mol. The molecule has 0 radical (unpaired) electrons. The molecule has 70 valence electrons. The highest BCUT2D eigenvalue weighted by atomic mass is 16.5. The fraction of sp³-hybridized carbons (Fsp3) is 0.889. The van der Waals surface area contributed by atoms with Crippen molar-refractivity contribution in [1.82, 2.24) is 4.90 Å². The SMILES string of the molecule is CC(=O)N1CCO[C@H](C(C)C)C1. The average Bonchev–Trinajstić information content (AvgIpc) is 2.04. The molecule has 1 saturated heterocycles. The van der Waals surface area contributed by atoms with E-state index in [1.807, 2.05) is 4.90 Å². The van der Waals surface area contributed by atoms with Crippen LogP contribution in [-0.4, -0.2) is 36.6 Å². The second kappa shape index (κ2) is 3.90. The Labute approximate surface area is 73.7 Å². The van der Waals surface area contributed by atoms with E-state index in [-0.39, 0.29) is 12.0 Å². The molecule has 0 N–H and O–H groups in total. The molecule has 0 unspecified atom stereocenters. The molecule has 0 aromatic carbocycles. The zero-order valence-electron chi connectivity index (χ0n) is 8.04. The van der Waals surface area contributed by atoms with Gasteiger partial charge in [-0.15, -0.1) is 0 Å². The third kappa shape index (κ3) is 2.21. The highest BCUT2D eigenvalue weighted by Gasteiger charge is 2.23. The van der Waals surface area contributed by atoms with Crippen LogP contribution in [0, 0.1) is 5.92 Å². The third-order valence-corrected chi connectivity index (χ3v) is 2.28. The molecular formula is C9H17NO2. The Kier molecular flexibility index (Phi) is 3.09. The Bertz CT molecular complexity index is 168. The number of rotatable bonds is 1. The standard InChI is InChI=1S/C9H17NO2/c1-7(2)9-6-10(8(3)11)4-5-12-9/h7,9H,4-6H2,1-3H3/t9-/m0/s1. The van der Waals surface area contributed by atoms with Crippen LogP contribution in [0.2, 0.25) is 0 Å². The quantitative estimate of drug-likeness (QED) is 0.586. The molecule has 0 aromatic heterocycles. The summed E-state index contributed by atoms with van der Waals surface area (Å²) < 4.78 is 5.53. The van der Waals surface area contributed by atoms with Gasteiger partial charge in [-0.3, -0.25) is 4.79 Å². The van der Waals surface area contributed by atoms with E-state index in [9.17, 15) is 4.79 Å². The molecule has 3 heteroatoms. The molecule has 12 heavy (non-hydrogen) atoms. The highest BCUT2D eigenvalue weighted by molar-refractivity contribution is 5.73. The molecule has 3 nitrogen and oxygen atoms in total. The number of carbonyl (C=O) groups excluding carboxylic acids is 1. The van der Waals surface area contributed by atoms with Crippen molar-refractivity contribution in [2.24, 2.45) is 5.92 Å². The van der Waals surface area contributed by atoms with Crippen molar-refractivity contribution in [1.29, 1.82) is 0 Å². The summed E-state index contributed by atoms with van der Waals surface area (Å²) in [5.41, 5.74) is 0. The predicted octanol–water partition coefficient (Wildman–Crippen LogP) is 0.890. The maximum Gasteiger partial charge on any atom is 0.219 e. The fourth-order valence-electron chi connectivity index (χ4n) is 1.36. The van der Waals surface area contributed by atoms with Gasteiger partial charge in [0.1, 0.15) is 0 Å². The van der Waals surface area contributed by atoms with E-state index in [2.05, 4.69) is 13.8 Å². The smallest absolute Gasteiger partial charge is 0.219 e. The number of hydrogen-bond acceptors (Lipinski definition) is 2. The molecule has 0 bridgehead atoms. The van der Waals surface area contributed by atoms with E-state index in [1.54, 1.807) is 6.92 Å². The first kappa shape index (κ1) is 9.52. The van der Waals surface area contributed by atoms with Gasteiger partial charge in [0.05, 0.1) is 12.7 Å². The molecule has 1 fully saturated rings. The van der Waals surface area contributed by atoms with Crippen molar-refractivity contribution >= 4 is 5.91 Å². The van der Waals surface area contributed by atoms with Gasteiger partial charge in [-0.1, -0.05) is 13.8 Å². The summed E-state index contributed by atoms with van der Waals surface area (Å²) in [6, 6.07) is 0. The Morgan fingerprint density at radius 2 is 2.25 bits per heavy atom. The van der Waals surface area contributed by atoms with Gasteiger partial charge in [0.2, 0.25) is 5.91 Å². The van der Waals surface area contributed by atoms with Crippen LogP contribution in [0.5, 0.6) is 0 Å². The minimum Gasteiger partial charge on any atom is -0.374 e. The van der Waals surface area contributed by atoms with Crippen molar-refractivity contribution in [3.8, 4) is 0 Å². The fourth-order valence-corrected chi connectivity index (χ4v) is 1.36. The molecule has 0 spiro atoms. The third-order valence-electron chi connectivity index (χ3n) is 2.28. The first-order valence-electron chi connectivity index (χ1n) is 4.48. The largest absolute Gasteiger partial charge is 0.374 e. The second-order valence-corrected chi connectivity index (χ2v) is 3.62. The normalized spacial score (nSPS) is 24.7. The molecule has 0 aromatic rings. The molecule has 1 aliphatic rings. The number of carbonyl (C=O) groups is 1. The van der Waals surface area contributed by atoms with E-state index in [4.69, 9.17) is 4.74 Å². The Morgan fingerprint density at radius 3 is 2.75 bits per heavy atom. The van der Waals surface area contributed by atoms with Gasteiger partial charge >= 0.3 is 0 Å². The maximum atomic E-state index is 11.0. The van der Waals surface area contributed by atoms with Gasteiger partial charge in [0, 0.05) is 20.0 Å². The van der Waals surface area contributed by atoms with Crippen LogP contribution in [0.15, 0.2) is 0 Å². The molecule has 0 saturated carbocycles. The minimum atomic E-state index is 0.156. The monoisotopic (exact) mass is 171 g/mol. The highest BCUT2D eigenvalue weighted by Crippen LogP contribution is 2.12. The van der Waals surface area contributed by atoms with Crippen LogP contribution in [0.4, 0.5) is 0 Å². The summed E-state index contributed by atoms with van der Waals surface area (Å²) in [5.74, 6) is 0.649. The first-order chi connectivity index (χ1) is 5.61. The maximum absolute atomic E-state index is 11.0. The van der Waals surface area contributed by atoms with Crippen LogP contribution in [0.1, 0.15) is 20.8 Å². The zero-order valence-corrected chi connectivity index (χ0v) is 8.04. The van der Waals surface area contributed by atoms with Crippen LogP contribution in [-0.2, 0) is 9.53 Å².